The highest BCUT2D eigenvalue weighted by Gasteiger charge is 1.83. The fourth-order valence-corrected chi connectivity index (χ4v) is 0.552. The Kier molecular flexibility index (Phi) is 4.36. The van der Waals surface area contributed by atoms with Gasteiger partial charge in [-0.15, -0.1) is 0 Å². The summed E-state index contributed by atoms with van der Waals surface area (Å²) in [7, 11) is 0. The number of nitrogens with one attached hydrogen (secondary N) is 1. The Labute approximate surface area is 50.7 Å². The minimum absolute atomic E-state index is 0.990. The zero-order valence-corrected chi connectivity index (χ0v) is 5.57. The smallest absolute Gasteiger partial charge is 0.0216 e. The molecule has 0 amide bonds. The molecule has 0 spiro atoms. The van der Waals surface area contributed by atoms with Gasteiger partial charge >= 0.3 is 0 Å². The van der Waals surface area contributed by atoms with Crippen LogP contribution in [0, 0.1) is 0 Å². The van der Waals surface area contributed by atoms with Crippen molar-refractivity contribution in [1.82, 2.24) is 5.43 Å². The monoisotopic (exact) mass is 114 g/mol. The quantitative estimate of drug-likeness (QED) is 0.426. The van der Waals surface area contributed by atoms with Crippen LogP contribution in [0.5, 0.6) is 0 Å². The van der Waals surface area contributed by atoms with E-state index >= 15 is 0 Å². The van der Waals surface area contributed by atoms with Crippen LogP contribution in [0.25, 0.3) is 0 Å². The molecule has 0 aromatic heterocycles. The van der Waals surface area contributed by atoms with Gasteiger partial charge in [0.25, 0.3) is 0 Å². The highest BCUT2D eigenvalue weighted by Crippen LogP contribution is 1.93. The zero-order valence-electron chi connectivity index (χ0n) is 5.57. The van der Waals surface area contributed by atoms with Gasteiger partial charge in [-0.3, -0.25) is 5.84 Å². The highest BCUT2D eigenvalue weighted by molar-refractivity contribution is 4.95. The average Bonchev–Trinajstić information content (AvgIpc) is 1.83. The third kappa shape index (κ3) is 2.64. The number of hydrogen-bond acceptors (Lipinski definition) is 2. The van der Waals surface area contributed by atoms with Crippen molar-refractivity contribution in [3.05, 3.63) is 11.8 Å². The normalized spacial score (nSPS) is 11.6. The third-order valence-corrected chi connectivity index (χ3v) is 1.02. The summed E-state index contributed by atoms with van der Waals surface area (Å²) in [5.41, 5.74) is 3.73. The topological polar surface area (TPSA) is 38.0 Å². The lowest BCUT2D eigenvalue weighted by atomic mass is 10.3. The van der Waals surface area contributed by atoms with Gasteiger partial charge in [0.05, 0.1) is 0 Å². The van der Waals surface area contributed by atoms with Crippen LogP contribution < -0.4 is 11.3 Å². The lowest BCUT2D eigenvalue weighted by molar-refractivity contribution is 0.817. The number of rotatable bonds is 3. The van der Waals surface area contributed by atoms with Crippen LogP contribution in [0.3, 0.4) is 0 Å². The summed E-state index contributed by atoms with van der Waals surface area (Å²) >= 11 is 0. The molecule has 0 bridgehead atoms. The molecule has 0 aromatic carbocycles. The number of hydrogen-bond donors (Lipinski definition) is 2. The largest absolute Gasteiger partial charge is 0.329 e. The Morgan fingerprint density at radius 3 is 2.38 bits per heavy atom. The second-order valence-electron chi connectivity index (χ2n) is 1.64. The molecule has 0 unspecified atom stereocenters. The zero-order chi connectivity index (χ0) is 6.41. The van der Waals surface area contributed by atoms with Crippen molar-refractivity contribution in [3.63, 3.8) is 0 Å². The summed E-state index contributed by atoms with van der Waals surface area (Å²) in [5.74, 6) is 5.15. The van der Waals surface area contributed by atoms with Crippen LogP contribution in [0.2, 0.25) is 0 Å². The van der Waals surface area contributed by atoms with E-state index in [4.69, 9.17) is 5.84 Å². The summed E-state index contributed by atoms with van der Waals surface area (Å²) in [4.78, 5) is 0. The summed E-state index contributed by atoms with van der Waals surface area (Å²) in [6.07, 6.45) is 4.12. The van der Waals surface area contributed by atoms with Crippen LogP contribution in [0.15, 0.2) is 11.8 Å². The molecule has 0 fully saturated rings. The molecule has 3 N–H and O–H groups in total. The van der Waals surface area contributed by atoms with Gasteiger partial charge in [0, 0.05) is 5.70 Å². The second-order valence-corrected chi connectivity index (χ2v) is 1.64. The van der Waals surface area contributed by atoms with Crippen LogP contribution in [0.4, 0.5) is 0 Å². The van der Waals surface area contributed by atoms with Crippen molar-refractivity contribution in [1.29, 1.82) is 0 Å². The van der Waals surface area contributed by atoms with Gasteiger partial charge in [-0.25, -0.2) is 0 Å². The fraction of sp³-hybridized carbons (Fsp3) is 0.667. The Morgan fingerprint density at radius 2 is 2.25 bits per heavy atom. The first-order valence-electron chi connectivity index (χ1n) is 3.00. The molecule has 0 radical (unpaired) electrons. The van der Waals surface area contributed by atoms with Gasteiger partial charge in [0.1, 0.15) is 0 Å². The molecule has 0 aromatic rings. The molecular weight excluding hydrogens is 100 g/mol. The van der Waals surface area contributed by atoms with E-state index in [1.165, 1.54) is 0 Å². The molecule has 0 aliphatic rings. The molecule has 0 saturated heterocycles. The number of hydrazine groups is 1. The van der Waals surface area contributed by atoms with Gasteiger partial charge in [-0.1, -0.05) is 19.9 Å². The van der Waals surface area contributed by atoms with Crippen LogP contribution in [-0.2, 0) is 0 Å². The SMILES string of the molecule is CC/C=C(\CC)NN. The molecule has 0 saturated carbocycles. The molecule has 0 rings (SSSR count). The van der Waals surface area contributed by atoms with E-state index in [1.54, 1.807) is 0 Å². The predicted molar refractivity (Wildman–Crippen MR) is 36.0 cm³/mol. The molecule has 0 aliphatic heterocycles. The van der Waals surface area contributed by atoms with E-state index < -0.39 is 0 Å². The summed E-state index contributed by atoms with van der Waals surface area (Å²) < 4.78 is 0. The molecule has 0 atom stereocenters. The lowest BCUT2D eigenvalue weighted by Crippen LogP contribution is -2.20. The first-order valence-corrected chi connectivity index (χ1v) is 3.00. The van der Waals surface area contributed by atoms with Crippen LogP contribution in [0.1, 0.15) is 26.7 Å². The van der Waals surface area contributed by atoms with E-state index in [0.717, 1.165) is 18.5 Å². The predicted octanol–water partition coefficient (Wildman–Crippen LogP) is 1.15. The molecular formula is C6H14N2. The van der Waals surface area contributed by atoms with Crippen molar-refractivity contribution < 1.29 is 0 Å². The minimum atomic E-state index is 0.990. The lowest BCUT2D eigenvalue weighted by Gasteiger charge is -1.99. The Bertz CT molecular complexity index is 70.6. The van der Waals surface area contributed by atoms with E-state index in [-0.39, 0.29) is 0 Å². The van der Waals surface area contributed by atoms with Crippen molar-refractivity contribution in [2.24, 2.45) is 5.84 Å². The van der Waals surface area contributed by atoms with Crippen LogP contribution in [-0.4, -0.2) is 0 Å². The van der Waals surface area contributed by atoms with Gasteiger partial charge in [0.2, 0.25) is 0 Å². The molecule has 2 heteroatoms. The van der Waals surface area contributed by atoms with Crippen LogP contribution >= 0.6 is 0 Å². The van der Waals surface area contributed by atoms with Crippen molar-refractivity contribution in [3.8, 4) is 0 Å². The van der Waals surface area contributed by atoms with E-state index in [0.29, 0.717) is 0 Å². The maximum absolute atomic E-state index is 5.15. The Morgan fingerprint density at radius 1 is 1.62 bits per heavy atom. The Hall–Kier alpha value is -0.500. The Balaban J connectivity index is 3.49. The molecule has 8 heavy (non-hydrogen) atoms. The second kappa shape index (κ2) is 4.65. The molecule has 2 nitrogen and oxygen atoms in total. The van der Waals surface area contributed by atoms with Crippen molar-refractivity contribution >= 4 is 0 Å². The number of allylic oxidation sites excluding steroid dienone is 2. The maximum atomic E-state index is 5.15. The molecule has 0 heterocycles. The van der Waals surface area contributed by atoms with Crippen molar-refractivity contribution in [2.45, 2.75) is 26.7 Å². The first-order chi connectivity index (χ1) is 3.85. The van der Waals surface area contributed by atoms with E-state index in [2.05, 4.69) is 25.3 Å². The van der Waals surface area contributed by atoms with Crippen molar-refractivity contribution in [2.75, 3.05) is 0 Å². The summed E-state index contributed by atoms with van der Waals surface area (Å²) in [5, 5.41) is 0. The van der Waals surface area contributed by atoms with Gasteiger partial charge in [-0.2, -0.15) is 0 Å². The van der Waals surface area contributed by atoms with E-state index in [1.807, 2.05) is 0 Å². The number of nitrogens with two attached hydrogens (primary N) is 1. The van der Waals surface area contributed by atoms with Gasteiger partial charge in [0.15, 0.2) is 0 Å². The highest BCUT2D eigenvalue weighted by atomic mass is 15.2. The minimum Gasteiger partial charge on any atom is -0.329 e. The molecule has 0 aliphatic carbocycles. The first kappa shape index (κ1) is 7.50. The molecule has 48 valence electrons. The summed E-state index contributed by atoms with van der Waals surface area (Å²) in [6.45, 7) is 4.16. The standard InChI is InChI=1S/C6H14N2/c1-3-5-6(4-2)8-7/h5,8H,3-4,7H2,1-2H3/b6-5+. The fourth-order valence-electron chi connectivity index (χ4n) is 0.552. The summed E-state index contributed by atoms with van der Waals surface area (Å²) in [6, 6.07) is 0. The maximum Gasteiger partial charge on any atom is 0.0216 e. The average molecular weight is 114 g/mol. The van der Waals surface area contributed by atoms with Gasteiger partial charge in [-0.05, 0) is 12.8 Å². The third-order valence-electron chi connectivity index (χ3n) is 1.02. The van der Waals surface area contributed by atoms with Gasteiger partial charge < -0.3 is 5.43 Å². The van der Waals surface area contributed by atoms with E-state index in [9.17, 15) is 0 Å².